The van der Waals surface area contributed by atoms with E-state index in [4.69, 9.17) is 0 Å². The molecule has 1 aromatic rings. The number of alkyl halides is 3. The fourth-order valence-electron chi connectivity index (χ4n) is 1.83. The Morgan fingerprint density at radius 2 is 1.96 bits per heavy atom. The first-order chi connectivity index (χ1) is 10.5. The molecule has 0 aromatic carbocycles. The zero-order chi connectivity index (χ0) is 17.7. The van der Waals surface area contributed by atoms with Crippen LogP contribution in [-0.4, -0.2) is 24.0 Å². The van der Waals surface area contributed by atoms with Gasteiger partial charge in [0.25, 0.3) is 0 Å². The fourth-order valence-corrected chi connectivity index (χ4v) is 2.57. The van der Waals surface area contributed by atoms with Gasteiger partial charge in [-0.05, 0) is 25.2 Å². The molecule has 0 amide bonds. The Balaban J connectivity index is 0.00000529. The molecule has 1 unspecified atom stereocenters. The molecule has 0 saturated heterocycles. The molecule has 0 bridgehead atoms. The lowest BCUT2D eigenvalue weighted by atomic mass is 9.89. The summed E-state index contributed by atoms with van der Waals surface area (Å²) in [6.07, 6.45) is -2.34. The summed E-state index contributed by atoms with van der Waals surface area (Å²) in [5.74, 6) is 0.565. The van der Waals surface area contributed by atoms with Crippen molar-refractivity contribution in [3.05, 3.63) is 16.1 Å². The predicted octanol–water partition coefficient (Wildman–Crippen LogP) is 4.66. The van der Waals surface area contributed by atoms with Gasteiger partial charge in [-0.1, -0.05) is 20.8 Å². The van der Waals surface area contributed by atoms with E-state index in [0.717, 1.165) is 29.6 Å². The van der Waals surface area contributed by atoms with E-state index >= 15 is 0 Å². The Kier molecular flexibility index (Phi) is 9.55. The number of hydrogen-bond donors (Lipinski definition) is 2. The Morgan fingerprint density at radius 3 is 2.42 bits per heavy atom. The number of nitrogens with zero attached hydrogens (tertiary/aromatic N) is 2. The highest BCUT2D eigenvalue weighted by molar-refractivity contribution is 14.0. The third kappa shape index (κ3) is 9.05. The van der Waals surface area contributed by atoms with Crippen LogP contribution in [0.3, 0.4) is 0 Å². The van der Waals surface area contributed by atoms with E-state index in [2.05, 4.69) is 48.3 Å². The van der Waals surface area contributed by atoms with Crippen LogP contribution in [0.1, 0.15) is 51.2 Å². The number of halogens is 4. The lowest BCUT2D eigenvalue weighted by molar-refractivity contribution is -0.140. The van der Waals surface area contributed by atoms with E-state index in [1.807, 2.05) is 0 Å². The number of thiazole rings is 1. The minimum absolute atomic E-state index is 0. The molecule has 1 heterocycles. The molecule has 2 N–H and O–H groups in total. The maximum Gasteiger partial charge on any atom is 0.434 e. The molecule has 24 heavy (non-hydrogen) atoms. The summed E-state index contributed by atoms with van der Waals surface area (Å²) < 4.78 is 37.5. The summed E-state index contributed by atoms with van der Waals surface area (Å²) in [6, 6.07) is 0.224. The molecule has 1 rings (SSSR count). The average Bonchev–Trinajstić information content (AvgIpc) is 2.89. The third-order valence-corrected chi connectivity index (χ3v) is 4.03. The summed E-state index contributed by atoms with van der Waals surface area (Å²) in [7, 11) is 1.63. The first kappa shape index (κ1) is 23.4. The number of guanidine groups is 1. The van der Waals surface area contributed by atoms with Gasteiger partial charge in [0.15, 0.2) is 11.7 Å². The van der Waals surface area contributed by atoms with E-state index in [-0.39, 0.29) is 42.0 Å². The van der Waals surface area contributed by atoms with E-state index in [1.54, 1.807) is 7.05 Å². The van der Waals surface area contributed by atoms with Crippen molar-refractivity contribution in [2.45, 2.75) is 59.3 Å². The monoisotopic (exact) mass is 478 g/mol. The Hall–Kier alpha value is -0.580. The maximum atomic E-state index is 12.5. The predicted molar refractivity (Wildman–Crippen MR) is 104 cm³/mol. The van der Waals surface area contributed by atoms with E-state index < -0.39 is 11.9 Å². The van der Waals surface area contributed by atoms with Crippen LogP contribution in [-0.2, 0) is 12.7 Å². The highest BCUT2D eigenvalue weighted by Gasteiger charge is 2.33. The Labute approximate surface area is 162 Å². The second-order valence-electron chi connectivity index (χ2n) is 6.69. The van der Waals surface area contributed by atoms with Crippen LogP contribution >= 0.6 is 35.3 Å². The highest BCUT2D eigenvalue weighted by atomic mass is 127. The highest BCUT2D eigenvalue weighted by Crippen LogP contribution is 2.29. The van der Waals surface area contributed by atoms with Crippen molar-refractivity contribution in [3.63, 3.8) is 0 Å². The van der Waals surface area contributed by atoms with Gasteiger partial charge in [-0.15, -0.1) is 35.3 Å². The molecule has 4 nitrogen and oxygen atoms in total. The molecule has 140 valence electrons. The molecule has 9 heteroatoms. The zero-order valence-corrected chi connectivity index (χ0v) is 17.8. The molecule has 0 fully saturated rings. The van der Waals surface area contributed by atoms with Crippen LogP contribution in [0, 0.1) is 5.41 Å². The summed E-state index contributed by atoms with van der Waals surface area (Å²) in [6.45, 7) is 8.84. The SMILES string of the molecule is CN=C(NCc1nc(C(F)(F)F)cs1)NC(C)CCC(C)(C)C.I. The molecule has 0 radical (unpaired) electrons. The van der Waals surface area contributed by atoms with Gasteiger partial charge in [-0.2, -0.15) is 13.2 Å². The van der Waals surface area contributed by atoms with Crippen molar-refractivity contribution >= 4 is 41.3 Å². The second kappa shape index (κ2) is 9.79. The van der Waals surface area contributed by atoms with E-state index in [0.29, 0.717) is 11.0 Å². The van der Waals surface area contributed by atoms with Crippen LogP contribution in [0.2, 0.25) is 0 Å². The van der Waals surface area contributed by atoms with Crippen LogP contribution in [0.5, 0.6) is 0 Å². The van der Waals surface area contributed by atoms with Crippen molar-refractivity contribution in [1.29, 1.82) is 0 Å². The minimum atomic E-state index is -4.39. The Bertz CT molecular complexity index is 524. The lowest BCUT2D eigenvalue weighted by Gasteiger charge is -2.22. The van der Waals surface area contributed by atoms with Gasteiger partial charge in [-0.25, -0.2) is 4.98 Å². The number of rotatable bonds is 5. The van der Waals surface area contributed by atoms with Gasteiger partial charge < -0.3 is 10.6 Å². The summed E-state index contributed by atoms with van der Waals surface area (Å²) in [5.41, 5.74) is -0.581. The fraction of sp³-hybridized carbons (Fsp3) is 0.733. The largest absolute Gasteiger partial charge is 0.434 e. The van der Waals surface area contributed by atoms with Gasteiger partial charge in [0.05, 0.1) is 6.54 Å². The van der Waals surface area contributed by atoms with Crippen molar-refractivity contribution in [1.82, 2.24) is 15.6 Å². The molecule has 1 aromatic heterocycles. The summed E-state index contributed by atoms with van der Waals surface area (Å²) in [4.78, 5) is 7.68. The van der Waals surface area contributed by atoms with Crippen LogP contribution in [0.15, 0.2) is 10.4 Å². The standard InChI is InChI=1S/C15H25F3N4S.HI/c1-10(6-7-14(2,3)4)21-13(19-5)20-8-12-22-11(9-23-12)15(16,17)18;/h9-10H,6-8H2,1-5H3,(H2,19,20,21);1H. The zero-order valence-electron chi connectivity index (χ0n) is 14.6. The first-order valence-corrected chi connectivity index (χ1v) is 8.38. The van der Waals surface area contributed by atoms with Crippen LogP contribution in [0.4, 0.5) is 13.2 Å². The molecule has 0 spiro atoms. The van der Waals surface area contributed by atoms with Crippen LogP contribution in [0.25, 0.3) is 0 Å². The number of aromatic nitrogens is 1. The van der Waals surface area contributed by atoms with Crippen molar-refractivity contribution in [2.75, 3.05) is 7.05 Å². The van der Waals surface area contributed by atoms with Crippen molar-refractivity contribution < 1.29 is 13.2 Å². The number of hydrogen-bond acceptors (Lipinski definition) is 3. The van der Waals surface area contributed by atoms with Gasteiger partial charge in [0, 0.05) is 18.5 Å². The number of aliphatic imine (C=N–C) groups is 1. The van der Waals surface area contributed by atoms with Gasteiger partial charge in [0.2, 0.25) is 0 Å². The normalized spacial score (nSPS) is 14.1. The smallest absolute Gasteiger partial charge is 0.354 e. The van der Waals surface area contributed by atoms with E-state index in [9.17, 15) is 13.2 Å². The molecular weight excluding hydrogens is 452 g/mol. The molecule has 0 aliphatic carbocycles. The van der Waals surface area contributed by atoms with Gasteiger partial charge in [0.1, 0.15) is 5.01 Å². The summed E-state index contributed by atoms with van der Waals surface area (Å²) >= 11 is 0.985. The maximum absolute atomic E-state index is 12.5. The molecule has 0 aliphatic rings. The Morgan fingerprint density at radius 1 is 1.33 bits per heavy atom. The first-order valence-electron chi connectivity index (χ1n) is 7.50. The lowest BCUT2D eigenvalue weighted by Crippen LogP contribution is -2.42. The minimum Gasteiger partial charge on any atom is -0.354 e. The number of nitrogens with one attached hydrogen (secondary N) is 2. The molecule has 0 saturated carbocycles. The quantitative estimate of drug-likeness (QED) is 0.368. The van der Waals surface area contributed by atoms with Crippen molar-refractivity contribution in [3.8, 4) is 0 Å². The second-order valence-corrected chi connectivity index (χ2v) is 7.64. The van der Waals surface area contributed by atoms with Gasteiger partial charge >= 0.3 is 6.18 Å². The van der Waals surface area contributed by atoms with Crippen LogP contribution < -0.4 is 10.6 Å². The van der Waals surface area contributed by atoms with Crippen molar-refractivity contribution in [2.24, 2.45) is 10.4 Å². The molecular formula is C15H26F3IN4S. The average molecular weight is 478 g/mol. The molecule has 1 atom stereocenters. The summed E-state index contributed by atoms with van der Waals surface area (Å²) in [5, 5.41) is 7.64. The van der Waals surface area contributed by atoms with E-state index in [1.165, 1.54) is 0 Å². The molecule has 0 aliphatic heterocycles. The van der Waals surface area contributed by atoms with Gasteiger partial charge in [-0.3, -0.25) is 4.99 Å². The topological polar surface area (TPSA) is 49.3 Å². The third-order valence-electron chi connectivity index (χ3n) is 3.18.